The number of hydrogen-bond acceptors (Lipinski definition) is 3. The van der Waals surface area contributed by atoms with E-state index in [-0.39, 0.29) is 12.3 Å². The summed E-state index contributed by atoms with van der Waals surface area (Å²) in [5.74, 6) is 4.62. The van der Waals surface area contributed by atoms with Crippen molar-refractivity contribution in [2.24, 2.45) is 5.84 Å². The Morgan fingerprint density at radius 2 is 1.94 bits per heavy atom. The van der Waals surface area contributed by atoms with Crippen molar-refractivity contribution < 1.29 is 9.90 Å². The molecule has 2 aromatic carbocycles. The Morgan fingerprint density at radius 1 is 1.24 bits per heavy atom. The molecule has 0 saturated heterocycles. The smallest absolute Gasteiger partial charge is 0.236 e. The van der Waals surface area contributed by atoms with Crippen LogP contribution in [-0.4, -0.2) is 11.0 Å². The van der Waals surface area contributed by atoms with Crippen LogP contribution in [0.25, 0.3) is 10.8 Å². The summed E-state index contributed by atoms with van der Waals surface area (Å²) in [6.45, 7) is 0. The van der Waals surface area contributed by atoms with Crippen LogP contribution >= 0.6 is 0 Å². The predicted molar refractivity (Wildman–Crippen MR) is 65.9 cm³/mol. The number of aliphatic hydroxyl groups is 1. The van der Waals surface area contributed by atoms with Crippen molar-refractivity contribution >= 4 is 16.7 Å². The van der Waals surface area contributed by atoms with Crippen LogP contribution < -0.4 is 11.3 Å². The number of carbonyl (C=O) groups excluding carboxylic acids is 1. The molecular formula is C13H14N2O2. The fraction of sp³-hybridized carbons (Fsp3) is 0.154. The number of carbonyl (C=O) groups is 1. The standard InChI is InChI=1S/C13H14N2O2/c14-15-13(17)8-12(16)11-7-3-5-9-4-1-2-6-10(9)11/h1-7,12,16H,8,14H2,(H,15,17)/t12-/m0/s1. The summed E-state index contributed by atoms with van der Waals surface area (Å²) in [7, 11) is 0. The number of benzene rings is 2. The van der Waals surface area contributed by atoms with Gasteiger partial charge in [0, 0.05) is 0 Å². The van der Waals surface area contributed by atoms with Crippen molar-refractivity contribution in [2.75, 3.05) is 0 Å². The lowest BCUT2D eigenvalue weighted by molar-refractivity contribution is -0.123. The Hall–Kier alpha value is -1.91. The van der Waals surface area contributed by atoms with Crippen LogP contribution in [0.3, 0.4) is 0 Å². The van der Waals surface area contributed by atoms with Crippen LogP contribution in [0.4, 0.5) is 0 Å². The van der Waals surface area contributed by atoms with Gasteiger partial charge in [-0.1, -0.05) is 42.5 Å². The molecule has 1 amide bonds. The van der Waals surface area contributed by atoms with Gasteiger partial charge in [0.25, 0.3) is 0 Å². The van der Waals surface area contributed by atoms with E-state index in [1.165, 1.54) is 0 Å². The van der Waals surface area contributed by atoms with Gasteiger partial charge >= 0.3 is 0 Å². The first kappa shape index (κ1) is 11.6. The summed E-state index contributed by atoms with van der Waals surface area (Å²) < 4.78 is 0. The van der Waals surface area contributed by atoms with Crippen molar-refractivity contribution in [2.45, 2.75) is 12.5 Å². The van der Waals surface area contributed by atoms with Gasteiger partial charge in [0.2, 0.25) is 5.91 Å². The zero-order valence-corrected chi connectivity index (χ0v) is 9.26. The van der Waals surface area contributed by atoms with Crippen LogP contribution in [-0.2, 0) is 4.79 Å². The molecule has 1 atom stereocenters. The van der Waals surface area contributed by atoms with E-state index >= 15 is 0 Å². The third kappa shape index (κ3) is 2.43. The van der Waals surface area contributed by atoms with Gasteiger partial charge in [0.05, 0.1) is 12.5 Å². The van der Waals surface area contributed by atoms with Gasteiger partial charge < -0.3 is 5.11 Å². The van der Waals surface area contributed by atoms with Gasteiger partial charge in [-0.05, 0) is 16.3 Å². The Labute approximate surface area is 99.0 Å². The minimum absolute atomic E-state index is 0.0372. The third-order valence-corrected chi connectivity index (χ3v) is 2.72. The summed E-state index contributed by atoms with van der Waals surface area (Å²) >= 11 is 0. The maximum absolute atomic E-state index is 11.1. The van der Waals surface area contributed by atoms with E-state index < -0.39 is 6.10 Å². The minimum Gasteiger partial charge on any atom is -0.388 e. The zero-order valence-electron chi connectivity index (χ0n) is 9.26. The lowest BCUT2D eigenvalue weighted by Crippen LogP contribution is -2.31. The van der Waals surface area contributed by atoms with Crippen molar-refractivity contribution in [3.05, 3.63) is 48.0 Å². The Bertz CT molecular complexity index is 534. The highest BCUT2D eigenvalue weighted by molar-refractivity contribution is 5.86. The Kier molecular flexibility index (Phi) is 3.37. The van der Waals surface area contributed by atoms with E-state index in [9.17, 15) is 9.90 Å². The van der Waals surface area contributed by atoms with E-state index in [0.717, 1.165) is 16.3 Å². The lowest BCUT2D eigenvalue weighted by atomic mass is 9.98. The van der Waals surface area contributed by atoms with Crippen LogP contribution in [0.1, 0.15) is 18.1 Å². The van der Waals surface area contributed by atoms with Gasteiger partial charge in [-0.25, -0.2) is 5.84 Å². The SMILES string of the molecule is NNC(=O)C[C@H](O)c1cccc2ccccc12. The first-order chi connectivity index (χ1) is 8.22. The molecule has 0 spiro atoms. The van der Waals surface area contributed by atoms with Gasteiger partial charge in [0.1, 0.15) is 0 Å². The van der Waals surface area contributed by atoms with E-state index in [0.29, 0.717) is 0 Å². The van der Waals surface area contributed by atoms with Gasteiger partial charge in [0.15, 0.2) is 0 Å². The average molecular weight is 230 g/mol. The molecule has 0 aliphatic heterocycles. The number of aliphatic hydroxyl groups excluding tert-OH is 1. The molecular weight excluding hydrogens is 216 g/mol. The lowest BCUT2D eigenvalue weighted by Gasteiger charge is -2.12. The maximum atomic E-state index is 11.1. The molecule has 4 nitrogen and oxygen atoms in total. The van der Waals surface area contributed by atoms with E-state index in [2.05, 4.69) is 0 Å². The Balaban J connectivity index is 2.38. The topological polar surface area (TPSA) is 75.3 Å². The molecule has 4 N–H and O–H groups in total. The second kappa shape index (κ2) is 4.95. The van der Waals surface area contributed by atoms with Crippen molar-refractivity contribution in [3.8, 4) is 0 Å². The van der Waals surface area contributed by atoms with Crippen molar-refractivity contribution in [1.29, 1.82) is 0 Å². The summed E-state index contributed by atoms with van der Waals surface area (Å²) in [5.41, 5.74) is 2.76. The molecule has 0 fully saturated rings. The van der Waals surface area contributed by atoms with Crippen LogP contribution in [0.5, 0.6) is 0 Å². The molecule has 17 heavy (non-hydrogen) atoms. The van der Waals surface area contributed by atoms with Gasteiger partial charge in [-0.2, -0.15) is 0 Å². The Morgan fingerprint density at radius 3 is 2.71 bits per heavy atom. The molecule has 0 bridgehead atoms. The molecule has 0 unspecified atom stereocenters. The highest BCUT2D eigenvalue weighted by Crippen LogP contribution is 2.25. The molecule has 2 aromatic rings. The molecule has 88 valence electrons. The normalized spacial score (nSPS) is 12.4. The molecule has 4 heteroatoms. The predicted octanol–water partition coefficient (Wildman–Crippen LogP) is 1.25. The van der Waals surface area contributed by atoms with Gasteiger partial charge in [-0.3, -0.25) is 10.2 Å². The molecule has 0 aliphatic rings. The fourth-order valence-corrected chi connectivity index (χ4v) is 1.89. The highest BCUT2D eigenvalue weighted by atomic mass is 16.3. The number of hydrazine groups is 1. The molecule has 0 aliphatic carbocycles. The first-order valence-electron chi connectivity index (χ1n) is 5.37. The van der Waals surface area contributed by atoms with Crippen molar-refractivity contribution in [3.63, 3.8) is 0 Å². The fourth-order valence-electron chi connectivity index (χ4n) is 1.89. The van der Waals surface area contributed by atoms with E-state index in [1.807, 2.05) is 47.9 Å². The first-order valence-corrected chi connectivity index (χ1v) is 5.37. The van der Waals surface area contributed by atoms with Gasteiger partial charge in [-0.15, -0.1) is 0 Å². The highest BCUT2D eigenvalue weighted by Gasteiger charge is 2.14. The molecule has 0 aromatic heterocycles. The molecule has 0 saturated carbocycles. The second-order valence-electron chi connectivity index (χ2n) is 3.86. The van der Waals surface area contributed by atoms with Crippen molar-refractivity contribution in [1.82, 2.24) is 5.43 Å². The third-order valence-electron chi connectivity index (χ3n) is 2.72. The van der Waals surface area contributed by atoms with Crippen LogP contribution in [0.2, 0.25) is 0 Å². The summed E-state index contributed by atoms with van der Waals surface area (Å²) in [6, 6.07) is 13.4. The van der Waals surface area contributed by atoms with E-state index in [1.54, 1.807) is 0 Å². The quantitative estimate of drug-likeness (QED) is 0.422. The second-order valence-corrected chi connectivity index (χ2v) is 3.86. The molecule has 0 radical (unpaired) electrons. The zero-order chi connectivity index (χ0) is 12.3. The molecule has 0 heterocycles. The maximum Gasteiger partial charge on any atom is 0.236 e. The minimum atomic E-state index is -0.843. The average Bonchev–Trinajstić information content (AvgIpc) is 2.37. The number of rotatable bonds is 3. The number of fused-ring (bicyclic) bond motifs is 1. The summed E-state index contributed by atoms with van der Waals surface area (Å²) in [6.07, 6.45) is -0.880. The number of hydrogen-bond donors (Lipinski definition) is 3. The largest absolute Gasteiger partial charge is 0.388 e. The number of amides is 1. The van der Waals surface area contributed by atoms with Crippen LogP contribution in [0, 0.1) is 0 Å². The summed E-state index contributed by atoms with van der Waals surface area (Å²) in [5, 5.41) is 12.0. The number of nitrogens with one attached hydrogen (secondary N) is 1. The monoisotopic (exact) mass is 230 g/mol. The number of nitrogens with two attached hydrogens (primary N) is 1. The molecule has 2 rings (SSSR count). The van der Waals surface area contributed by atoms with E-state index in [4.69, 9.17) is 5.84 Å². The van der Waals surface area contributed by atoms with Crippen LogP contribution in [0.15, 0.2) is 42.5 Å². The summed E-state index contributed by atoms with van der Waals surface area (Å²) in [4.78, 5) is 11.1.